The second-order valence-corrected chi connectivity index (χ2v) is 5.85. The third kappa shape index (κ3) is 3.64. The van der Waals surface area contributed by atoms with Crippen LogP contribution in [0.1, 0.15) is 55.8 Å². The van der Waals surface area contributed by atoms with Gasteiger partial charge in [-0.3, -0.25) is 0 Å². The molecule has 2 aromatic carbocycles. The minimum Gasteiger partial charge on any atom is -0.457 e. The molecule has 2 rings (SSSR count). The van der Waals surface area contributed by atoms with Gasteiger partial charge in [-0.15, -0.1) is 0 Å². The predicted molar refractivity (Wildman–Crippen MR) is 89.0 cm³/mol. The fraction of sp³-hybridized carbons (Fsp3) is 0.368. The zero-order valence-corrected chi connectivity index (χ0v) is 13.4. The first kappa shape index (κ1) is 15.6. The molecule has 0 bridgehead atoms. The van der Waals surface area contributed by atoms with Crippen molar-refractivity contribution in [2.45, 2.75) is 46.1 Å². The Hall–Kier alpha value is -1.80. The molecule has 2 nitrogen and oxygen atoms in total. The lowest BCUT2D eigenvalue weighted by Crippen LogP contribution is -2.10. The van der Waals surface area contributed by atoms with E-state index in [1.165, 1.54) is 11.1 Å². The average molecular weight is 283 g/mol. The molecule has 0 radical (unpaired) electrons. The van der Waals surface area contributed by atoms with Crippen molar-refractivity contribution < 1.29 is 4.74 Å². The molecule has 0 unspecified atom stereocenters. The van der Waals surface area contributed by atoms with Crippen LogP contribution >= 0.6 is 0 Å². The van der Waals surface area contributed by atoms with Gasteiger partial charge in [-0.1, -0.05) is 51.1 Å². The molecule has 21 heavy (non-hydrogen) atoms. The summed E-state index contributed by atoms with van der Waals surface area (Å²) in [5.74, 6) is 2.22. The van der Waals surface area contributed by atoms with Gasteiger partial charge in [0.15, 0.2) is 0 Å². The van der Waals surface area contributed by atoms with Gasteiger partial charge in [-0.2, -0.15) is 0 Å². The number of para-hydroxylation sites is 1. The van der Waals surface area contributed by atoms with Crippen LogP contribution in [0, 0.1) is 6.92 Å². The van der Waals surface area contributed by atoms with Crippen molar-refractivity contribution in [3.8, 4) is 11.5 Å². The van der Waals surface area contributed by atoms with Gasteiger partial charge in [0.2, 0.25) is 0 Å². The summed E-state index contributed by atoms with van der Waals surface area (Å²) in [5, 5.41) is 0. The van der Waals surface area contributed by atoms with E-state index in [0.717, 1.165) is 23.5 Å². The Morgan fingerprint density at radius 1 is 1.00 bits per heavy atom. The average Bonchev–Trinajstić information content (AvgIpc) is 2.47. The maximum absolute atomic E-state index is 6.23. The van der Waals surface area contributed by atoms with Crippen LogP contribution in [0.15, 0.2) is 42.5 Å². The Kier molecular flexibility index (Phi) is 5.03. The van der Waals surface area contributed by atoms with Crippen LogP contribution in [-0.4, -0.2) is 0 Å². The third-order valence-electron chi connectivity index (χ3n) is 3.77. The normalized spacial score (nSPS) is 12.5. The maximum Gasteiger partial charge on any atom is 0.132 e. The Labute approximate surface area is 127 Å². The molecule has 0 saturated heterocycles. The topological polar surface area (TPSA) is 35.2 Å². The zero-order chi connectivity index (χ0) is 15.4. The predicted octanol–water partition coefficient (Wildman–Crippen LogP) is 5.32. The van der Waals surface area contributed by atoms with Crippen LogP contribution < -0.4 is 10.5 Å². The number of ether oxygens (including phenoxy) is 1. The number of benzene rings is 2. The lowest BCUT2D eigenvalue weighted by atomic mass is 10.00. The van der Waals surface area contributed by atoms with Crippen LogP contribution in [-0.2, 0) is 0 Å². The molecular weight excluding hydrogens is 258 g/mol. The molecule has 0 fully saturated rings. The van der Waals surface area contributed by atoms with Gasteiger partial charge >= 0.3 is 0 Å². The molecule has 1 atom stereocenters. The van der Waals surface area contributed by atoms with E-state index in [1.54, 1.807) is 0 Å². The highest BCUT2D eigenvalue weighted by Gasteiger charge is 2.14. The van der Waals surface area contributed by atoms with Crippen molar-refractivity contribution in [1.29, 1.82) is 0 Å². The van der Waals surface area contributed by atoms with Crippen molar-refractivity contribution >= 4 is 0 Å². The summed E-state index contributed by atoms with van der Waals surface area (Å²) in [7, 11) is 0. The first-order chi connectivity index (χ1) is 10.0. The summed E-state index contributed by atoms with van der Waals surface area (Å²) in [6, 6.07) is 14.4. The first-order valence-corrected chi connectivity index (χ1v) is 7.65. The van der Waals surface area contributed by atoms with Gasteiger partial charge in [-0.05, 0) is 42.5 Å². The van der Waals surface area contributed by atoms with E-state index in [4.69, 9.17) is 10.5 Å². The molecule has 0 amide bonds. The van der Waals surface area contributed by atoms with Gasteiger partial charge in [0.05, 0.1) is 0 Å². The number of nitrogens with two attached hydrogens (primary N) is 1. The number of hydrogen-bond acceptors (Lipinski definition) is 2. The summed E-state index contributed by atoms with van der Waals surface area (Å²) in [5.41, 5.74) is 9.69. The molecule has 0 aliphatic carbocycles. The van der Waals surface area contributed by atoms with E-state index >= 15 is 0 Å². The number of aryl methyl sites for hydroxylation is 1. The Morgan fingerprint density at radius 3 is 2.38 bits per heavy atom. The zero-order valence-electron chi connectivity index (χ0n) is 13.4. The Morgan fingerprint density at radius 2 is 1.71 bits per heavy atom. The first-order valence-electron chi connectivity index (χ1n) is 7.65. The molecule has 2 aromatic rings. The largest absolute Gasteiger partial charge is 0.457 e. The van der Waals surface area contributed by atoms with Crippen LogP contribution in [0.25, 0.3) is 0 Å². The van der Waals surface area contributed by atoms with Crippen molar-refractivity contribution in [1.82, 2.24) is 0 Å². The van der Waals surface area contributed by atoms with Crippen LogP contribution in [0.4, 0.5) is 0 Å². The monoisotopic (exact) mass is 283 g/mol. The van der Waals surface area contributed by atoms with Gasteiger partial charge in [0.25, 0.3) is 0 Å². The van der Waals surface area contributed by atoms with Crippen LogP contribution in [0.3, 0.4) is 0 Å². The van der Waals surface area contributed by atoms with Crippen LogP contribution in [0.2, 0.25) is 0 Å². The molecular formula is C19H25NO. The van der Waals surface area contributed by atoms with E-state index in [9.17, 15) is 0 Å². The lowest BCUT2D eigenvalue weighted by Gasteiger charge is -2.19. The van der Waals surface area contributed by atoms with Crippen molar-refractivity contribution in [3.63, 3.8) is 0 Å². The molecule has 0 heterocycles. The summed E-state index contributed by atoms with van der Waals surface area (Å²) in [6.07, 6.45) is 0.894. The van der Waals surface area contributed by atoms with E-state index in [1.807, 2.05) is 24.3 Å². The van der Waals surface area contributed by atoms with Gasteiger partial charge < -0.3 is 10.5 Å². The quantitative estimate of drug-likeness (QED) is 0.806. The molecule has 2 heteroatoms. The van der Waals surface area contributed by atoms with Gasteiger partial charge in [0.1, 0.15) is 11.5 Å². The van der Waals surface area contributed by atoms with E-state index in [0.29, 0.717) is 5.92 Å². The van der Waals surface area contributed by atoms with E-state index in [2.05, 4.69) is 45.9 Å². The minimum absolute atomic E-state index is 0.00788. The highest BCUT2D eigenvalue weighted by Crippen LogP contribution is 2.34. The molecule has 0 aliphatic rings. The molecule has 0 aromatic heterocycles. The molecule has 2 N–H and O–H groups in total. The molecule has 0 spiro atoms. The fourth-order valence-corrected chi connectivity index (χ4v) is 2.43. The smallest absolute Gasteiger partial charge is 0.132 e. The minimum atomic E-state index is 0.00788. The number of rotatable bonds is 5. The third-order valence-corrected chi connectivity index (χ3v) is 3.77. The Balaban J connectivity index is 2.41. The Bertz CT molecular complexity index is 604. The molecule has 112 valence electrons. The van der Waals surface area contributed by atoms with E-state index < -0.39 is 0 Å². The van der Waals surface area contributed by atoms with Gasteiger partial charge in [-0.25, -0.2) is 0 Å². The highest BCUT2D eigenvalue weighted by molar-refractivity contribution is 5.45. The van der Waals surface area contributed by atoms with Crippen LogP contribution in [0.5, 0.6) is 11.5 Å². The second kappa shape index (κ2) is 6.77. The van der Waals surface area contributed by atoms with Gasteiger partial charge in [0, 0.05) is 11.6 Å². The number of hydrogen-bond donors (Lipinski definition) is 1. The molecule has 0 aliphatic heterocycles. The highest BCUT2D eigenvalue weighted by atomic mass is 16.5. The van der Waals surface area contributed by atoms with Crippen molar-refractivity contribution in [2.24, 2.45) is 5.73 Å². The SMILES string of the molecule is CC[C@H](N)c1ccccc1Oc1cc(C)ccc1C(C)C. The van der Waals surface area contributed by atoms with Crippen molar-refractivity contribution in [3.05, 3.63) is 59.2 Å². The van der Waals surface area contributed by atoms with Crippen molar-refractivity contribution in [2.75, 3.05) is 0 Å². The summed E-state index contributed by atoms with van der Waals surface area (Å²) in [4.78, 5) is 0. The lowest BCUT2D eigenvalue weighted by molar-refractivity contribution is 0.460. The summed E-state index contributed by atoms with van der Waals surface area (Å²) >= 11 is 0. The maximum atomic E-state index is 6.23. The summed E-state index contributed by atoms with van der Waals surface area (Å²) in [6.45, 7) is 8.54. The standard InChI is InChI=1S/C19H25NO/c1-5-17(20)16-8-6-7-9-18(16)21-19-12-14(4)10-11-15(19)13(2)3/h6-13,17H,5,20H2,1-4H3/t17-/m0/s1. The summed E-state index contributed by atoms with van der Waals surface area (Å²) < 4.78 is 6.23. The fourth-order valence-electron chi connectivity index (χ4n) is 2.43. The molecule has 0 saturated carbocycles. The second-order valence-electron chi connectivity index (χ2n) is 5.85. The van der Waals surface area contributed by atoms with E-state index in [-0.39, 0.29) is 6.04 Å².